The molecule has 192 valence electrons. The summed E-state index contributed by atoms with van der Waals surface area (Å²) < 4.78 is 45.6. The van der Waals surface area contributed by atoms with Crippen molar-refractivity contribution in [1.29, 1.82) is 0 Å². The van der Waals surface area contributed by atoms with Crippen LogP contribution < -0.4 is 5.32 Å². The quantitative estimate of drug-likeness (QED) is 0.625. The first-order chi connectivity index (χ1) is 16.4. The van der Waals surface area contributed by atoms with Crippen molar-refractivity contribution >= 4 is 17.8 Å². The number of piperidine rings is 1. The molecule has 4 aliphatic rings. The molecule has 1 aliphatic carbocycles. The van der Waals surface area contributed by atoms with E-state index in [-0.39, 0.29) is 29.1 Å². The topological polar surface area (TPSA) is 90.0 Å². The second-order valence-electron chi connectivity index (χ2n) is 10.1. The summed E-state index contributed by atoms with van der Waals surface area (Å²) in [5.41, 5.74) is 0.782. The number of nitrogens with one attached hydrogen (secondary N) is 1. The monoisotopic (exact) mass is 499 g/mol. The number of fused-ring (bicyclic) bond motifs is 2. The van der Waals surface area contributed by atoms with Crippen molar-refractivity contribution in [2.75, 3.05) is 32.7 Å². The van der Waals surface area contributed by atoms with Crippen molar-refractivity contribution in [2.24, 2.45) is 17.8 Å². The second-order valence-corrected chi connectivity index (χ2v) is 10.1. The van der Waals surface area contributed by atoms with E-state index in [1.165, 1.54) is 18.9 Å². The van der Waals surface area contributed by atoms with Crippen LogP contribution in [0.15, 0.2) is 18.2 Å². The molecule has 11 heteroatoms. The lowest BCUT2D eigenvalue weighted by molar-refractivity contribution is -0.192. The van der Waals surface area contributed by atoms with E-state index in [4.69, 9.17) is 9.90 Å². The molecule has 0 aromatic heterocycles. The van der Waals surface area contributed by atoms with Gasteiger partial charge in [-0.3, -0.25) is 9.59 Å². The van der Waals surface area contributed by atoms with E-state index in [9.17, 15) is 27.2 Å². The lowest BCUT2D eigenvalue weighted by Gasteiger charge is -2.42. The zero-order valence-corrected chi connectivity index (χ0v) is 19.4. The largest absolute Gasteiger partial charge is 0.490 e. The molecule has 2 atom stereocenters. The molecule has 5 rings (SSSR count). The Morgan fingerprint density at radius 3 is 2.34 bits per heavy atom. The highest BCUT2D eigenvalue weighted by Crippen LogP contribution is 2.45. The Kier molecular flexibility index (Phi) is 6.82. The third kappa shape index (κ3) is 5.44. The van der Waals surface area contributed by atoms with Crippen molar-refractivity contribution in [2.45, 2.75) is 44.3 Å². The summed E-state index contributed by atoms with van der Waals surface area (Å²) in [5, 5.41) is 10.4. The van der Waals surface area contributed by atoms with Gasteiger partial charge in [0.25, 0.3) is 5.91 Å². The summed E-state index contributed by atoms with van der Waals surface area (Å²) in [6.07, 6.45) is -0.839. The van der Waals surface area contributed by atoms with Crippen LogP contribution in [0.5, 0.6) is 0 Å². The van der Waals surface area contributed by atoms with E-state index in [2.05, 4.69) is 10.2 Å². The zero-order valence-electron chi connectivity index (χ0n) is 19.4. The number of likely N-dealkylation sites (tertiary alicyclic amines) is 2. The molecule has 1 aromatic carbocycles. The maximum Gasteiger partial charge on any atom is 0.490 e. The van der Waals surface area contributed by atoms with E-state index in [1.54, 1.807) is 19.1 Å². The van der Waals surface area contributed by atoms with Gasteiger partial charge in [-0.2, -0.15) is 13.2 Å². The Hall–Kier alpha value is -2.69. The lowest BCUT2D eigenvalue weighted by Crippen LogP contribution is -2.56. The maximum atomic E-state index is 13.8. The Morgan fingerprint density at radius 1 is 1.17 bits per heavy atom. The van der Waals surface area contributed by atoms with Gasteiger partial charge in [0.2, 0.25) is 5.91 Å². The number of benzene rings is 1. The fraction of sp³-hybridized carbons (Fsp3) is 0.625. The van der Waals surface area contributed by atoms with Gasteiger partial charge in [0.1, 0.15) is 5.82 Å². The molecule has 3 aliphatic heterocycles. The van der Waals surface area contributed by atoms with E-state index < -0.39 is 12.1 Å². The van der Waals surface area contributed by atoms with Crippen molar-refractivity contribution in [1.82, 2.24) is 15.1 Å². The molecule has 1 saturated carbocycles. The third-order valence-electron chi connectivity index (χ3n) is 7.63. The van der Waals surface area contributed by atoms with E-state index in [0.717, 1.165) is 38.4 Å². The average Bonchev–Trinajstić information content (AvgIpc) is 3.44. The predicted octanol–water partition coefficient (Wildman–Crippen LogP) is 2.83. The summed E-state index contributed by atoms with van der Waals surface area (Å²) in [5.74, 6) is -1.72. The smallest absolute Gasteiger partial charge is 0.475 e. The molecule has 0 radical (unpaired) electrons. The van der Waals surface area contributed by atoms with Crippen LogP contribution in [0.2, 0.25) is 0 Å². The minimum Gasteiger partial charge on any atom is -0.475 e. The Bertz CT molecular complexity index is 1000. The van der Waals surface area contributed by atoms with Crippen LogP contribution in [-0.4, -0.2) is 77.1 Å². The molecule has 0 unspecified atom stereocenters. The summed E-state index contributed by atoms with van der Waals surface area (Å²) in [4.78, 5) is 38.6. The van der Waals surface area contributed by atoms with Gasteiger partial charge in [0.05, 0.1) is 5.92 Å². The van der Waals surface area contributed by atoms with Crippen molar-refractivity contribution in [3.63, 3.8) is 0 Å². The fourth-order valence-corrected chi connectivity index (χ4v) is 5.47. The van der Waals surface area contributed by atoms with Crippen LogP contribution in [0.1, 0.15) is 41.6 Å². The first-order valence-corrected chi connectivity index (χ1v) is 11.8. The molecular formula is C24H29F4N3O4. The molecule has 1 spiro atoms. The molecule has 0 bridgehead atoms. The molecule has 2 N–H and O–H groups in total. The van der Waals surface area contributed by atoms with E-state index in [0.29, 0.717) is 30.1 Å². The summed E-state index contributed by atoms with van der Waals surface area (Å²) >= 11 is 0. The highest BCUT2D eigenvalue weighted by atomic mass is 19.4. The summed E-state index contributed by atoms with van der Waals surface area (Å²) in [7, 11) is 0. The third-order valence-corrected chi connectivity index (χ3v) is 7.63. The number of carbonyl (C=O) groups is 3. The van der Waals surface area contributed by atoms with Crippen LogP contribution in [-0.2, 0) is 9.59 Å². The molecule has 2 amide bonds. The van der Waals surface area contributed by atoms with Gasteiger partial charge in [0.15, 0.2) is 0 Å². The van der Waals surface area contributed by atoms with Gasteiger partial charge in [-0.25, -0.2) is 9.18 Å². The molecule has 7 nitrogen and oxygen atoms in total. The molecular weight excluding hydrogens is 470 g/mol. The number of rotatable bonds is 3. The lowest BCUT2D eigenvalue weighted by atomic mass is 9.75. The molecule has 3 heterocycles. The first kappa shape index (κ1) is 25.4. The fourth-order valence-electron chi connectivity index (χ4n) is 5.47. The summed E-state index contributed by atoms with van der Waals surface area (Å²) in [6.45, 7) is 5.94. The Balaban J connectivity index is 0.000000364. The van der Waals surface area contributed by atoms with E-state index >= 15 is 0 Å². The van der Waals surface area contributed by atoms with Crippen LogP contribution in [0, 0.1) is 30.5 Å². The second kappa shape index (κ2) is 9.40. The standard InChI is InChI=1S/C22H28FN3O2.C2HF3O2/c1-14-2-5-16(10-19(14)23)21(28)26-8-6-22(7-9-26)18-13-25(11-15-3-4-15)12-17(18)20(27)24-22;3-2(4,5)1(6)7/h2,5,10,15,17-18H,3-4,6-9,11-13H2,1H3,(H,24,27);(H,6,7)/t17-,18+;/m1./s1. The minimum absolute atomic E-state index is 0.104. The average molecular weight is 500 g/mol. The number of aryl methyl sites for hydroxylation is 1. The number of halogens is 4. The highest BCUT2D eigenvalue weighted by molar-refractivity contribution is 5.94. The van der Waals surface area contributed by atoms with Gasteiger partial charge in [-0.15, -0.1) is 0 Å². The molecule has 3 saturated heterocycles. The predicted molar refractivity (Wildman–Crippen MR) is 117 cm³/mol. The number of carboxylic acids is 1. The normalized spacial score (nSPS) is 25.6. The highest BCUT2D eigenvalue weighted by Gasteiger charge is 2.57. The number of carbonyl (C=O) groups excluding carboxylic acids is 2. The van der Waals surface area contributed by atoms with Crippen molar-refractivity contribution < 1.29 is 37.1 Å². The van der Waals surface area contributed by atoms with Crippen molar-refractivity contribution in [3.8, 4) is 0 Å². The van der Waals surface area contributed by atoms with Crippen LogP contribution >= 0.6 is 0 Å². The molecule has 1 aromatic rings. The number of alkyl halides is 3. The van der Waals surface area contributed by atoms with E-state index in [1.807, 2.05) is 4.90 Å². The number of hydrogen-bond acceptors (Lipinski definition) is 4. The minimum atomic E-state index is -5.08. The molecule has 4 fully saturated rings. The zero-order chi connectivity index (χ0) is 25.5. The Morgan fingerprint density at radius 2 is 1.80 bits per heavy atom. The number of nitrogens with zero attached hydrogens (tertiary/aromatic N) is 2. The van der Waals surface area contributed by atoms with Gasteiger partial charge in [-0.1, -0.05) is 6.07 Å². The SMILES string of the molecule is Cc1ccc(C(=O)N2CCC3(CC2)NC(=O)[C@@H]2CN(CC4CC4)C[C@@H]23)cc1F.O=C(O)C(F)(F)F. The van der Waals surface area contributed by atoms with Gasteiger partial charge in [-0.05, 0) is 56.2 Å². The van der Waals surface area contributed by atoms with Crippen LogP contribution in [0.3, 0.4) is 0 Å². The number of aliphatic carboxylic acids is 1. The van der Waals surface area contributed by atoms with Gasteiger partial charge in [0, 0.05) is 49.7 Å². The van der Waals surface area contributed by atoms with Gasteiger partial charge >= 0.3 is 12.1 Å². The summed E-state index contributed by atoms with van der Waals surface area (Å²) in [6, 6.07) is 4.69. The van der Waals surface area contributed by atoms with Gasteiger partial charge < -0.3 is 20.2 Å². The Labute approximate surface area is 200 Å². The number of carboxylic acid groups (broad SMARTS) is 1. The van der Waals surface area contributed by atoms with Crippen molar-refractivity contribution in [3.05, 3.63) is 35.1 Å². The molecule has 35 heavy (non-hydrogen) atoms. The van der Waals surface area contributed by atoms with Crippen LogP contribution in [0.4, 0.5) is 17.6 Å². The first-order valence-electron chi connectivity index (χ1n) is 11.8. The number of hydrogen-bond donors (Lipinski definition) is 2. The number of amides is 2. The maximum absolute atomic E-state index is 13.8. The van der Waals surface area contributed by atoms with Crippen LogP contribution in [0.25, 0.3) is 0 Å².